The van der Waals surface area contributed by atoms with Gasteiger partial charge in [-0.1, -0.05) is 30.3 Å². The summed E-state index contributed by atoms with van der Waals surface area (Å²) in [6.45, 7) is 0.830. The highest BCUT2D eigenvalue weighted by molar-refractivity contribution is 7.89. The Morgan fingerprint density at radius 3 is 2.52 bits per heavy atom. The molecule has 0 aromatic heterocycles. The van der Waals surface area contributed by atoms with Crippen LogP contribution in [0.25, 0.3) is 0 Å². The lowest BCUT2D eigenvalue weighted by molar-refractivity contribution is -0.139. The van der Waals surface area contributed by atoms with Crippen molar-refractivity contribution in [3.05, 3.63) is 35.9 Å². The molecule has 2 fully saturated rings. The molecule has 0 radical (unpaired) electrons. The van der Waals surface area contributed by atoms with Crippen LogP contribution < -0.4 is 4.72 Å². The van der Waals surface area contributed by atoms with Crippen LogP contribution in [0.4, 0.5) is 0 Å². The van der Waals surface area contributed by atoms with E-state index in [1.165, 1.54) is 7.11 Å². The van der Waals surface area contributed by atoms with Crippen LogP contribution in [0.5, 0.6) is 0 Å². The molecule has 2 aliphatic rings. The fraction of sp³-hybridized carbons (Fsp3) is 0.632. The topological polar surface area (TPSA) is 95.9 Å². The monoisotopic (exact) mass is 396 g/mol. The normalized spacial score (nSPS) is 23.8. The molecule has 0 aliphatic heterocycles. The van der Waals surface area contributed by atoms with Crippen molar-refractivity contribution in [3.8, 4) is 0 Å². The molecule has 0 heterocycles. The van der Waals surface area contributed by atoms with Crippen molar-refractivity contribution < 1.29 is 23.1 Å². The summed E-state index contributed by atoms with van der Waals surface area (Å²) in [5.74, 6) is -0.353. The first-order chi connectivity index (χ1) is 12.9. The Kier molecular flexibility index (Phi) is 6.52. The van der Waals surface area contributed by atoms with Crippen LogP contribution in [0.3, 0.4) is 0 Å². The maximum absolute atomic E-state index is 12.5. The molecular formula is C19H28N2O5S. The van der Waals surface area contributed by atoms with Gasteiger partial charge >= 0.3 is 5.97 Å². The van der Waals surface area contributed by atoms with Crippen LogP contribution >= 0.6 is 0 Å². The van der Waals surface area contributed by atoms with Crippen LogP contribution in [0, 0.1) is 5.92 Å². The smallest absolute Gasteiger partial charge is 0.317 e. The van der Waals surface area contributed by atoms with E-state index < -0.39 is 22.1 Å². The van der Waals surface area contributed by atoms with Crippen LogP contribution in [0.15, 0.2) is 30.3 Å². The third-order valence-electron chi connectivity index (χ3n) is 5.33. The summed E-state index contributed by atoms with van der Waals surface area (Å²) in [6.07, 6.45) is 3.12. The average molecular weight is 397 g/mol. The molecule has 150 valence electrons. The van der Waals surface area contributed by atoms with Crippen molar-refractivity contribution in [2.45, 2.75) is 43.9 Å². The molecule has 2 saturated carbocycles. The summed E-state index contributed by atoms with van der Waals surface area (Å²) in [4.78, 5) is 13.1. The third kappa shape index (κ3) is 6.00. The lowest BCUT2D eigenvalue weighted by atomic mass is 9.86. The van der Waals surface area contributed by atoms with Gasteiger partial charge in [-0.15, -0.1) is 0 Å². The molecule has 27 heavy (non-hydrogen) atoms. The Labute approximate surface area is 160 Å². The Balaban J connectivity index is 1.50. The van der Waals surface area contributed by atoms with E-state index >= 15 is 0 Å². The van der Waals surface area contributed by atoms with E-state index in [-0.39, 0.29) is 24.4 Å². The summed E-state index contributed by atoms with van der Waals surface area (Å²) in [7, 11) is -1.99. The lowest BCUT2D eigenvalue weighted by Gasteiger charge is -2.42. The van der Waals surface area contributed by atoms with E-state index in [1.807, 2.05) is 35.2 Å². The Morgan fingerprint density at radius 1 is 1.30 bits per heavy atom. The fourth-order valence-corrected chi connectivity index (χ4v) is 5.12. The van der Waals surface area contributed by atoms with Gasteiger partial charge in [-0.25, -0.2) is 13.1 Å². The van der Waals surface area contributed by atoms with Crippen LogP contribution in [-0.4, -0.2) is 62.4 Å². The average Bonchev–Trinajstić information content (AvgIpc) is 3.39. The molecule has 1 aromatic carbocycles. The zero-order chi connectivity index (χ0) is 19.4. The summed E-state index contributed by atoms with van der Waals surface area (Å²) in [5, 5.41) is 9.11. The number of carboxylic acid groups (broad SMARTS) is 1. The van der Waals surface area contributed by atoms with Gasteiger partial charge in [0.05, 0.1) is 18.4 Å². The highest BCUT2D eigenvalue weighted by atomic mass is 32.2. The first-order valence-electron chi connectivity index (χ1n) is 9.40. The molecule has 1 aromatic rings. The van der Waals surface area contributed by atoms with Crippen molar-refractivity contribution in [3.63, 3.8) is 0 Å². The molecule has 2 aliphatic carbocycles. The van der Waals surface area contributed by atoms with Gasteiger partial charge in [-0.2, -0.15) is 0 Å². The first kappa shape index (κ1) is 20.3. The van der Waals surface area contributed by atoms with Crippen molar-refractivity contribution >= 4 is 16.0 Å². The second-order valence-electron chi connectivity index (χ2n) is 7.62. The molecular weight excluding hydrogens is 368 g/mol. The molecule has 1 unspecified atom stereocenters. The number of carboxylic acids is 1. The number of nitrogens with one attached hydrogen (secondary N) is 1. The number of sulfonamides is 1. The molecule has 0 bridgehead atoms. The Hall–Kier alpha value is -1.48. The van der Waals surface area contributed by atoms with Crippen LogP contribution in [-0.2, 0) is 19.6 Å². The number of aliphatic carboxylic acids is 1. The van der Waals surface area contributed by atoms with Crippen molar-refractivity contribution in [1.82, 2.24) is 9.62 Å². The zero-order valence-electron chi connectivity index (χ0n) is 15.6. The lowest BCUT2D eigenvalue weighted by Crippen LogP contribution is -2.55. The number of nitrogens with zero attached hydrogens (tertiary/aromatic N) is 1. The minimum atomic E-state index is -3.49. The molecule has 7 nitrogen and oxygen atoms in total. The van der Waals surface area contributed by atoms with Gasteiger partial charge in [0.2, 0.25) is 10.0 Å². The Morgan fingerprint density at radius 2 is 1.96 bits per heavy atom. The van der Waals surface area contributed by atoms with E-state index in [0.29, 0.717) is 18.8 Å². The van der Waals surface area contributed by atoms with Crippen LogP contribution in [0.2, 0.25) is 0 Å². The summed E-state index contributed by atoms with van der Waals surface area (Å²) in [6, 6.07) is 9.30. The molecule has 0 amide bonds. The van der Waals surface area contributed by atoms with Crippen molar-refractivity contribution in [2.24, 2.45) is 5.92 Å². The summed E-state index contributed by atoms with van der Waals surface area (Å²) >= 11 is 0. The van der Waals surface area contributed by atoms with Gasteiger partial charge in [-0.05, 0) is 37.2 Å². The molecule has 1 atom stereocenters. The predicted molar refractivity (Wildman–Crippen MR) is 102 cm³/mol. The van der Waals surface area contributed by atoms with Crippen molar-refractivity contribution in [2.75, 3.05) is 26.0 Å². The number of carbonyl (C=O) groups is 1. The number of methoxy groups -OCH3 is 1. The highest BCUT2D eigenvalue weighted by Gasteiger charge is 2.39. The van der Waals surface area contributed by atoms with Crippen molar-refractivity contribution in [1.29, 1.82) is 0 Å². The van der Waals surface area contributed by atoms with E-state index in [9.17, 15) is 13.2 Å². The minimum absolute atomic E-state index is 0.0282. The first-order valence-corrected chi connectivity index (χ1v) is 11.0. The predicted octanol–water partition coefficient (Wildman–Crippen LogP) is 1.62. The maximum atomic E-state index is 12.5. The van der Waals surface area contributed by atoms with E-state index in [0.717, 1.165) is 24.9 Å². The number of ether oxygens (including phenoxy) is 1. The van der Waals surface area contributed by atoms with E-state index in [2.05, 4.69) is 4.72 Å². The SMILES string of the molecule is COC(CS(=O)(=O)NC1CC(N(CC(=O)O)CC2CC2)C1)c1ccccc1. The van der Waals surface area contributed by atoms with E-state index in [4.69, 9.17) is 9.84 Å². The maximum Gasteiger partial charge on any atom is 0.317 e. The van der Waals surface area contributed by atoms with Gasteiger partial charge in [-0.3, -0.25) is 9.69 Å². The molecule has 3 rings (SSSR count). The van der Waals surface area contributed by atoms with E-state index in [1.54, 1.807) is 0 Å². The molecule has 0 spiro atoms. The number of rotatable bonds is 11. The number of hydrogen-bond acceptors (Lipinski definition) is 5. The molecule has 2 N–H and O–H groups in total. The summed E-state index contributed by atoms with van der Waals surface area (Å²) in [5.41, 5.74) is 0.828. The number of hydrogen-bond donors (Lipinski definition) is 2. The zero-order valence-corrected chi connectivity index (χ0v) is 16.4. The summed E-state index contributed by atoms with van der Waals surface area (Å²) < 4.78 is 33.2. The molecule has 8 heteroatoms. The van der Waals surface area contributed by atoms with Crippen LogP contribution in [0.1, 0.15) is 37.4 Å². The van der Waals surface area contributed by atoms with Gasteiger partial charge in [0.1, 0.15) is 0 Å². The number of benzene rings is 1. The Bertz CT molecular complexity index is 730. The van der Waals surface area contributed by atoms with Gasteiger partial charge in [0, 0.05) is 25.7 Å². The highest BCUT2D eigenvalue weighted by Crippen LogP contribution is 2.34. The largest absolute Gasteiger partial charge is 0.480 e. The van der Waals surface area contributed by atoms with Gasteiger partial charge in [0.15, 0.2) is 0 Å². The third-order valence-corrected chi connectivity index (χ3v) is 6.76. The molecule has 0 saturated heterocycles. The van der Waals surface area contributed by atoms with Gasteiger partial charge in [0.25, 0.3) is 0 Å². The second-order valence-corrected chi connectivity index (χ2v) is 9.42. The van der Waals surface area contributed by atoms with Gasteiger partial charge < -0.3 is 9.84 Å². The minimum Gasteiger partial charge on any atom is -0.480 e. The standard InChI is InChI=1S/C19H28N2O5S/c1-26-18(15-5-3-2-4-6-15)13-27(24,25)20-16-9-17(10-16)21(12-19(22)23)11-14-7-8-14/h2-6,14,16-18,20H,7-13H2,1H3,(H,22,23). The quantitative estimate of drug-likeness (QED) is 0.590. The fourth-order valence-electron chi connectivity index (χ4n) is 3.60. The second kappa shape index (κ2) is 8.68.